The van der Waals surface area contributed by atoms with Gasteiger partial charge < -0.3 is 10.5 Å². The lowest BCUT2D eigenvalue weighted by Crippen LogP contribution is -2.09. The van der Waals surface area contributed by atoms with Crippen molar-refractivity contribution in [2.75, 3.05) is 12.3 Å². The van der Waals surface area contributed by atoms with E-state index in [1.165, 1.54) is 51.4 Å². The molecule has 1 aromatic carbocycles. The molecule has 0 aliphatic carbocycles. The van der Waals surface area contributed by atoms with Gasteiger partial charge in [-0.15, -0.1) is 0 Å². The average molecular weight is 362 g/mol. The predicted molar refractivity (Wildman–Crippen MR) is 107 cm³/mol. The maximum absolute atomic E-state index is 12.0. The Morgan fingerprint density at radius 2 is 1.35 bits per heavy atom. The molecule has 2 N–H and O–H groups in total. The van der Waals surface area contributed by atoms with Gasteiger partial charge in [-0.05, 0) is 30.7 Å². The molecule has 0 saturated carbocycles. The Balaban J connectivity index is 1.95. The van der Waals surface area contributed by atoms with E-state index in [2.05, 4.69) is 6.92 Å². The minimum atomic E-state index is -0.287. The number of esters is 1. The van der Waals surface area contributed by atoms with E-state index in [-0.39, 0.29) is 24.6 Å². The third-order valence-corrected chi connectivity index (χ3v) is 4.55. The van der Waals surface area contributed by atoms with Gasteiger partial charge in [-0.1, -0.05) is 64.7 Å². The van der Waals surface area contributed by atoms with Gasteiger partial charge in [0.25, 0.3) is 0 Å². The molecule has 4 nitrogen and oxygen atoms in total. The number of rotatable bonds is 15. The molecular formula is C22H35NO3. The van der Waals surface area contributed by atoms with E-state index < -0.39 is 0 Å². The van der Waals surface area contributed by atoms with Crippen LogP contribution in [0.4, 0.5) is 5.69 Å². The number of ketones is 1. The van der Waals surface area contributed by atoms with Gasteiger partial charge in [-0.25, -0.2) is 0 Å². The molecule has 146 valence electrons. The monoisotopic (exact) mass is 361 g/mol. The van der Waals surface area contributed by atoms with Crippen LogP contribution >= 0.6 is 0 Å². The Hall–Kier alpha value is -1.84. The second-order valence-corrected chi connectivity index (χ2v) is 6.95. The molecule has 1 aromatic rings. The summed E-state index contributed by atoms with van der Waals surface area (Å²) in [6, 6.07) is 6.76. The van der Waals surface area contributed by atoms with Gasteiger partial charge in [-0.2, -0.15) is 0 Å². The topological polar surface area (TPSA) is 69.4 Å². The van der Waals surface area contributed by atoms with E-state index >= 15 is 0 Å². The highest BCUT2D eigenvalue weighted by atomic mass is 16.5. The third-order valence-electron chi connectivity index (χ3n) is 4.55. The van der Waals surface area contributed by atoms with Crippen molar-refractivity contribution < 1.29 is 14.3 Å². The van der Waals surface area contributed by atoms with E-state index in [0.29, 0.717) is 17.9 Å². The largest absolute Gasteiger partial charge is 0.466 e. The first-order valence-corrected chi connectivity index (χ1v) is 10.2. The van der Waals surface area contributed by atoms with Crippen LogP contribution in [0.2, 0.25) is 0 Å². The maximum Gasteiger partial charge on any atom is 0.306 e. The van der Waals surface area contributed by atoms with Crippen LogP contribution < -0.4 is 5.73 Å². The Bertz CT molecular complexity index is 511. The van der Waals surface area contributed by atoms with Crippen LogP contribution in [0.1, 0.15) is 94.3 Å². The molecule has 0 fully saturated rings. The summed E-state index contributed by atoms with van der Waals surface area (Å²) in [4.78, 5) is 23.7. The van der Waals surface area contributed by atoms with Crippen molar-refractivity contribution in [2.45, 2.75) is 84.0 Å². The summed E-state index contributed by atoms with van der Waals surface area (Å²) in [5, 5.41) is 0. The van der Waals surface area contributed by atoms with Crippen molar-refractivity contribution in [3.05, 3.63) is 29.8 Å². The fourth-order valence-corrected chi connectivity index (χ4v) is 2.88. The lowest BCUT2D eigenvalue weighted by Gasteiger charge is -2.05. The van der Waals surface area contributed by atoms with Crippen LogP contribution in [0.3, 0.4) is 0 Å². The standard InChI is InChI=1S/C22H35NO3/c1-2-3-4-5-6-7-8-9-10-11-18-26-22(25)17-16-21(24)19-12-14-20(23)15-13-19/h12-15H,2-11,16-18,23H2,1H3. The van der Waals surface area contributed by atoms with Crippen LogP contribution in [0, 0.1) is 0 Å². The normalized spacial score (nSPS) is 10.7. The third kappa shape index (κ3) is 10.9. The zero-order chi connectivity index (χ0) is 19.0. The molecule has 4 heteroatoms. The summed E-state index contributed by atoms with van der Waals surface area (Å²) in [6.07, 6.45) is 12.9. The number of unbranched alkanes of at least 4 members (excludes halogenated alkanes) is 9. The SMILES string of the molecule is CCCCCCCCCCCCOC(=O)CCC(=O)c1ccc(N)cc1. The molecule has 0 atom stereocenters. The van der Waals surface area contributed by atoms with E-state index in [4.69, 9.17) is 10.5 Å². The molecule has 0 radical (unpaired) electrons. The van der Waals surface area contributed by atoms with Gasteiger partial charge in [0.15, 0.2) is 5.78 Å². The number of carbonyl (C=O) groups is 2. The van der Waals surface area contributed by atoms with Gasteiger partial charge in [0.1, 0.15) is 0 Å². The molecule has 0 spiro atoms. The van der Waals surface area contributed by atoms with Crippen LogP contribution in [-0.4, -0.2) is 18.4 Å². The van der Waals surface area contributed by atoms with Crippen LogP contribution in [0.15, 0.2) is 24.3 Å². The fourth-order valence-electron chi connectivity index (χ4n) is 2.88. The number of hydrogen-bond donors (Lipinski definition) is 1. The summed E-state index contributed by atoms with van der Waals surface area (Å²) in [6.45, 7) is 2.70. The summed E-state index contributed by atoms with van der Waals surface area (Å²) >= 11 is 0. The van der Waals surface area contributed by atoms with Crippen LogP contribution in [-0.2, 0) is 9.53 Å². The number of carbonyl (C=O) groups excluding carboxylic acids is 2. The number of nitrogens with two attached hydrogens (primary N) is 1. The Kier molecular flexibility index (Phi) is 12.2. The van der Waals surface area contributed by atoms with Gasteiger partial charge in [0, 0.05) is 17.7 Å². The van der Waals surface area contributed by atoms with E-state index in [1.807, 2.05) is 0 Å². The summed E-state index contributed by atoms with van der Waals surface area (Å²) in [5.41, 5.74) is 6.80. The van der Waals surface area contributed by atoms with Crippen molar-refractivity contribution in [3.8, 4) is 0 Å². The van der Waals surface area contributed by atoms with Gasteiger partial charge >= 0.3 is 5.97 Å². The Labute approximate surface area is 158 Å². The zero-order valence-corrected chi connectivity index (χ0v) is 16.3. The number of ether oxygens (including phenoxy) is 1. The first-order chi connectivity index (χ1) is 12.6. The molecule has 0 heterocycles. The molecule has 0 aromatic heterocycles. The molecule has 0 aliphatic heterocycles. The zero-order valence-electron chi connectivity index (χ0n) is 16.3. The summed E-state index contributed by atoms with van der Waals surface area (Å²) in [5.74, 6) is -0.342. The number of Topliss-reactive ketones (excluding diaryl/α,β-unsaturated/α-hetero) is 1. The van der Waals surface area contributed by atoms with E-state index in [0.717, 1.165) is 12.8 Å². The summed E-state index contributed by atoms with van der Waals surface area (Å²) < 4.78 is 5.21. The second kappa shape index (κ2) is 14.3. The lowest BCUT2D eigenvalue weighted by atomic mass is 10.1. The Morgan fingerprint density at radius 3 is 1.92 bits per heavy atom. The van der Waals surface area contributed by atoms with Crippen molar-refractivity contribution in [2.24, 2.45) is 0 Å². The quantitative estimate of drug-likeness (QED) is 0.188. The summed E-state index contributed by atoms with van der Waals surface area (Å²) in [7, 11) is 0. The molecular weight excluding hydrogens is 326 g/mol. The highest BCUT2D eigenvalue weighted by Crippen LogP contribution is 2.11. The number of benzene rings is 1. The molecule has 1 rings (SSSR count). The van der Waals surface area contributed by atoms with Crippen molar-refractivity contribution in [1.82, 2.24) is 0 Å². The smallest absolute Gasteiger partial charge is 0.306 e. The highest BCUT2D eigenvalue weighted by molar-refractivity contribution is 5.97. The molecule has 0 saturated heterocycles. The lowest BCUT2D eigenvalue weighted by molar-refractivity contribution is -0.143. The molecule has 0 aliphatic rings. The van der Waals surface area contributed by atoms with Crippen LogP contribution in [0.5, 0.6) is 0 Å². The van der Waals surface area contributed by atoms with Crippen LogP contribution in [0.25, 0.3) is 0 Å². The second-order valence-electron chi connectivity index (χ2n) is 6.95. The van der Waals surface area contributed by atoms with Crippen molar-refractivity contribution in [1.29, 1.82) is 0 Å². The molecule has 0 unspecified atom stereocenters. The van der Waals surface area contributed by atoms with Gasteiger partial charge in [0.2, 0.25) is 0 Å². The van der Waals surface area contributed by atoms with E-state index in [1.54, 1.807) is 24.3 Å². The van der Waals surface area contributed by atoms with Crippen molar-refractivity contribution >= 4 is 17.4 Å². The fraction of sp³-hybridized carbons (Fsp3) is 0.636. The first kappa shape index (κ1) is 22.2. The maximum atomic E-state index is 12.0. The highest BCUT2D eigenvalue weighted by Gasteiger charge is 2.10. The molecule has 0 amide bonds. The molecule has 26 heavy (non-hydrogen) atoms. The number of anilines is 1. The van der Waals surface area contributed by atoms with Gasteiger partial charge in [-0.3, -0.25) is 9.59 Å². The number of hydrogen-bond acceptors (Lipinski definition) is 4. The minimum Gasteiger partial charge on any atom is -0.466 e. The first-order valence-electron chi connectivity index (χ1n) is 10.2. The van der Waals surface area contributed by atoms with Gasteiger partial charge in [0.05, 0.1) is 13.0 Å². The average Bonchev–Trinajstić information content (AvgIpc) is 2.64. The predicted octanol–water partition coefficient (Wildman–Crippen LogP) is 5.70. The Morgan fingerprint density at radius 1 is 0.808 bits per heavy atom. The van der Waals surface area contributed by atoms with E-state index in [9.17, 15) is 9.59 Å². The molecule has 0 bridgehead atoms. The minimum absolute atomic E-state index is 0.0547. The van der Waals surface area contributed by atoms with Crippen molar-refractivity contribution in [3.63, 3.8) is 0 Å². The number of nitrogen functional groups attached to an aromatic ring is 1.